The molecule has 0 bridgehead atoms. The molecule has 1 aliphatic heterocycles. The van der Waals surface area contributed by atoms with E-state index in [0.717, 1.165) is 5.56 Å². The molecule has 0 saturated carbocycles. The third-order valence-corrected chi connectivity index (χ3v) is 3.36. The number of hydrogen-bond donors (Lipinski definition) is 0. The number of fused-ring (bicyclic) bond motifs is 1. The highest BCUT2D eigenvalue weighted by molar-refractivity contribution is 7.13. The highest BCUT2D eigenvalue weighted by Gasteiger charge is 2.29. The number of carbonyl (C=O) groups is 1. The third kappa shape index (κ3) is 1.63. The minimum atomic E-state index is -0.114. The largest absolute Gasteiger partial charge is 0.282 e. The molecule has 6 nitrogen and oxygen atoms in total. The third-order valence-electron chi connectivity index (χ3n) is 2.59. The van der Waals surface area contributed by atoms with Crippen LogP contribution in [0.4, 0.5) is 5.82 Å². The first-order valence-electron chi connectivity index (χ1n) is 5.22. The maximum Gasteiger partial charge on any atom is 0.233 e. The van der Waals surface area contributed by atoms with Gasteiger partial charge >= 0.3 is 0 Å². The summed E-state index contributed by atoms with van der Waals surface area (Å²) in [6.45, 7) is 0.0140. The van der Waals surface area contributed by atoms with Gasteiger partial charge in [-0.1, -0.05) is 0 Å². The molecule has 3 heterocycles. The van der Waals surface area contributed by atoms with E-state index in [1.165, 1.54) is 16.2 Å². The van der Waals surface area contributed by atoms with E-state index < -0.39 is 0 Å². The monoisotopic (exact) mass is 257 g/mol. The quantitative estimate of drug-likeness (QED) is 0.750. The van der Waals surface area contributed by atoms with Crippen molar-refractivity contribution in [3.63, 3.8) is 0 Å². The van der Waals surface area contributed by atoms with Crippen molar-refractivity contribution in [3.05, 3.63) is 23.3 Å². The molecule has 0 aliphatic carbocycles. The average Bonchev–Trinajstić information content (AvgIpc) is 2.98. The molecule has 0 N–H and O–H groups in total. The van der Waals surface area contributed by atoms with Crippen molar-refractivity contribution in [3.8, 4) is 16.9 Å². The topological polar surface area (TPSA) is 82.8 Å². The van der Waals surface area contributed by atoms with Crippen LogP contribution in [0.2, 0.25) is 0 Å². The Morgan fingerprint density at radius 3 is 3.11 bits per heavy atom. The van der Waals surface area contributed by atoms with Crippen LogP contribution in [0.5, 0.6) is 0 Å². The Morgan fingerprint density at radius 1 is 1.50 bits per heavy atom. The van der Waals surface area contributed by atoms with Gasteiger partial charge in [-0.2, -0.15) is 5.26 Å². The summed E-state index contributed by atoms with van der Waals surface area (Å²) < 4.78 is 0. The number of anilines is 1. The highest BCUT2D eigenvalue weighted by Crippen LogP contribution is 2.28. The fourth-order valence-corrected chi connectivity index (χ4v) is 2.38. The van der Waals surface area contributed by atoms with Gasteiger partial charge in [0.2, 0.25) is 5.91 Å². The molecule has 2 aromatic heterocycles. The molecule has 2 aromatic rings. The van der Waals surface area contributed by atoms with Crippen molar-refractivity contribution >= 4 is 23.1 Å². The number of aromatic nitrogens is 3. The maximum absolute atomic E-state index is 11.7. The number of hydrogen-bond acceptors (Lipinski definition) is 6. The Labute approximate surface area is 107 Å². The van der Waals surface area contributed by atoms with Gasteiger partial charge in [0.05, 0.1) is 12.5 Å². The first kappa shape index (κ1) is 10.8. The lowest BCUT2D eigenvalue weighted by Crippen LogP contribution is -2.27. The molecular formula is C11H7N5OS. The van der Waals surface area contributed by atoms with E-state index in [2.05, 4.69) is 15.0 Å². The summed E-state index contributed by atoms with van der Waals surface area (Å²) in [5.41, 5.74) is 0.760. The molecular weight excluding hydrogens is 250 g/mol. The average molecular weight is 257 g/mol. The van der Waals surface area contributed by atoms with Crippen LogP contribution in [0.15, 0.2) is 17.8 Å². The first-order chi connectivity index (χ1) is 8.79. The first-order valence-corrected chi connectivity index (χ1v) is 6.10. The zero-order valence-electron chi connectivity index (χ0n) is 9.20. The molecule has 1 amide bonds. The number of nitriles is 1. The molecule has 0 aromatic carbocycles. The van der Waals surface area contributed by atoms with Crippen LogP contribution < -0.4 is 4.90 Å². The number of amides is 1. The van der Waals surface area contributed by atoms with E-state index in [-0.39, 0.29) is 18.9 Å². The molecule has 7 heteroatoms. The smallest absolute Gasteiger partial charge is 0.233 e. The van der Waals surface area contributed by atoms with Crippen molar-refractivity contribution < 1.29 is 4.79 Å². The molecule has 0 unspecified atom stereocenters. The van der Waals surface area contributed by atoms with Crippen molar-refractivity contribution in [1.29, 1.82) is 5.26 Å². The predicted octanol–water partition coefficient (Wildman–Crippen LogP) is 1.01. The Kier molecular flexibility index (Phi) is 2.50. The van der Waals surface area contributed by atoms with Crippen LogP contribution in [-0.2, 0) is 11.2 Å². The summed E-state index contributed by atoms with van der Waals surface area (Å²) in [5, 5.41) is 11.3. The van der Waals surface area contributed by atoms with Crippen LogP contribution in [0.3, 0.4) is 0 Å². The lowest BCUT2D eigenvalue weighted by molar-refractivity contribution is -0.117. The van der Waals surface area contributed by atoms with Gasteiger partial charge in [-0.05, 0) is 0 Å². The summed E-state index contributed by atoms with van der Waals surface area (Å²) >= 11 is 1.43. The standard InChI is InChI=1S/C11H7N5OS/c12-1-3-16-8(17)5-7-6-14-9(15-10(7)16)11-13-2-4-18-11/h2,4,6H,3,5H2. The van der Waals surface area contributed by atoms with Crippen LogP contribution in [0.25, 0.3) is 10.8 Å². The number of rotatable bonds is 2. The van der Waals surface area contributed by atoms with Gasteiger partial charge in [-0.3, -0.25) is 9.69 Å². The van der Waals surface area contributed by atoms with Crippen molar-refractivity contribution in [1.82, 2.24) is 15.0 Å². The molecule has 0 spiro atoms. The highest BCUT2D eigenvalue weighted by atomic mass is 32.1. The Morgan fingerprint density at radius 2 is 2.39 bits per heavy atom. The van der Waals surface area contributed by atoms with E-state index >= 15 is 0 Å². The van der Waals surface area contributed by atoms with Gasteiger partial charge in [0.25, 0.3) is 0 Å². The van der Waals surface area contributed by atoms with E-state index in [9.17, 15) is 4.79 Å². The van der Waals surface area contributed by atoms with Gasteiger partial charge in [0.15, 0.2) is 10.8 Å². The minimum absolute atomic E-state index is 0.0140. The Balaban J connectivity index is 2.06. The van der Waals surface area contributed by atoms with Gasteiger partial charge in [-0.25, -0.2) is 15.0 Å². The van der Waals surface area contributed by atoms with Crippen molar-refractivity contribution in [2.75, 3.05) is 11.4 Å². The van der Waals surface area contributed by atoms with Crippen LogP contribution in [0.1, 0.15) is 5.56 Å². The number of carbonyl (C=O) groups excluding carboxylic acids is 1. The van der Waals surface area contributed by atoms with Gasteiger partial charge in [0.1, 0.15) is 12.4 Å². The van der Waals surface area contributed by atoms with Crippen LogP contribution >= 0.6 is 11.3 Å². The molecule has 3 rings (SSSR count). The molecule has 0 fully saturated rings. The normalized spacial score (nSPS) is 13.5. The Hall–Kier alpha value is -2.33. The second kappa shape index (κ2) is 4.16. The van der Waals surface area contributed by atoms with Crippen LogP contribution in [0, 0.1) is 11.3 Å². The summed E-state index contributed by atoms with van der Waals surface area (Å²) in [6.07, 6.45) is 3.57. The molecule has 0 saturated heterocycles. The SMILES string of the molecule is N#CCN1C(=O)Cc2cnc(-c3nccs3)nc21. The molecule has 18 heavy (non-hydrogen) atoms. The van der Waals surface area contributed by atoms with Crippen molar-refractivity contribution in [2.24, 2.45) is 0 Å². The fraction of sp³-hybridized carbons (Fsp3) is 0.182. The predicted molar refractivity (Wildman–Crippen MR) is 64.8 cm³/mol. The maximum atomic E-state index is 11.7. The number of thiazole rings is 1. The summed E-state index contributed by atoms with van der Waals surface area (Å²) in [5.74, 6) is 0.903. The van der Waals surface area contributed by atoms with Crippen LogP contribution in [-0.4, -0.2) is 27.4 Å². The van der Waals surface area contributed by atoms with Gasteiger partial charge < -0.3 is 0 Å². The second-order valence-corrected chi connectivity index (χ2v) is 4.59. The molecule has 88 valence electrons. The number of nitrogens with zero attached hydrogens (tertiary/aromatic N) is 5. The second-order valence-electron chi connectivity index (χ2n) is 3.69. The molecule has 0 atom stereocenters. The van der Waals surface area contributed by atoms with E-state index in [4.69, 9.17) is 5.26 Å². The zero-order valence-corrected chi connectivity index (χ0v) is 10.0. The molecule has 0 radical (unpaired) electrons. The molecule has 1 aliphatic rings. The van der Waals surface area contributed by atoms with Gasteiger partial charge in [-0.15, -0.1) is 11.3 Å². The van der Waals surface area contributed by atoms with E-state index in [1.54, 1.807) is 12.4 Å². The van der Waals surface area contributed by atoms with E-state index in [1.807, 2.05) is 11.4 Å². The lowest BCUT2D eigenvalue weighted by Gasteiger charge is -2.11. The summed E-state index contributed by atoms with van der Waals surface area (Å²) in [4.78, 5) is 25.8. The lowest BCUT2D eigenvalue weighted by atomic mass is 10.3. The summed E-state index contributed by atoms with van der Waals surface area (Å²) in [7, 11) is 0. The summed E-state index contributed by atoms with van der Waals surface area (Å²) in [6, 6.07) is 1.97. The van der Waals surface area contributed by atoms with Gasteiger partial charge in [0, 0.05) is 23.3 Å². The fourth-order valence-electron chi connectivity index (χ4n) is 1.80. The van der Waals surface area contributed by atoms with Crippen molar-refractivity contribution in [2.45, 2.75) is 6.42 Å². The Bertz CT molecular complexity index is 646. The van der Waals surface area contributed by atoms with E-state index in [0.29, 0.717) is 16.6 Å². The zero-order chi connectivity index (χ0) is 12.5. The minimum Gasteiger partial charge on any atom is -0.282 e.